The third-order valence-electron chi connectivity index (χ3n) is 6.31. The molecule has 0 saturated heterocycles. The van der Waals surface area contributed by atoms with Crippen molar-refractivity contribution in [1.82, 2.24) is 10.2 Å². The van der Waals surface area contributed by atoms with E-state index in [2.05, 4.69) is 5.32 Å². The van der Waals surface area contributed by atoms with Crippen molar-refractivity contribution in [3.63, 3.8) is 0 Å². The predicted octanol–water partition coefficient (Wildman–Crippen LogP) is 5.02. The Morgan fingerprint density at radius 2 is 1.66 bits per heavy atom. The Bertz CT molecular complexity index is 1480. The normalized spacial score (nSPS) is 12.0. The van der Waals surface area contributed by atoms with E-state index in [1.807, 2.05) is 13.8 Å². The first-order valence-corrected chi connectivity index (χ1v) is 14.9. The number of non-ortho nitro benzene ring substituents is 1. The molecular weight excluding hydrogens is 568 g/mol. The van der Waals surface area contributed by atoms with Gasteiger partial charge in [0.1, 0.15) is 12.6 Å². The zero-order valence-electron chi connectivity index (χ0n) is 23.1. The molecule has 0 radical (unpaired) electrons. The van der Waals surface area contributed by atoms with Gasteiger partial charge in [-0.3, -0.25) is 24.0 Å². The van der Waals surface area contributed by atoms with Crippen molar-refractivity contribution < 1.29 is 22.9 Å². The molecule has 0 heterocycles. The fourth-order valence-electron chi connectivity index (χ4n) is 4.16. The summed E-state index contributed by atoms with van der Waals surface area (Å²) in [6, 6.07) is 18.5. The van der Waals surface area contributed by atoms with Gasteiger partial charge in [0, 0.05) is 30.2 Å². The molecule has 12 heteroatoms. The van der Waals surface area contributed by atoms with E-state index >= 15 is 0 Å². The van der Waals surface area contributed by atoms with Crippen molar-refractivity contribution in [2.45, 2.75) is 44.7 Å². The van der Waals surface area contributed by atoms with Gasteiger partial charge in [-0.1, -0.05) is 74.8 Å². The number of sulfonamides is 1. The maximum atomic E-state index is 14.0. The van der Waals surface area contributed by atoms with Crippen LogP contribution in [0.2, 0.25) is 5.02 Å². The summed E-state index contributed by atoms with van der Waals surface area (Å²) in [7, 11) is -4.34. The monoisotopic (exact) mass is 600 g/mol. The lowest BCUT2D eigenvalue weighted by atomic mass is 10.1. The number of nitrogens with one attached hydrogen (secondary N) is 1. The average Bonchev–Trinajstić information content (AvgIpc) is 2.95. The number of carbonyl (C=O) groups excluding carboxylic acids is 2. The van der Waals surface area contributed by atoms with Gasteiger partial charge in [-0.25, -0.2) is 8.42 Å². The fraction of sp³-hybridized carbons (Fsp3) is 0.310. The molecule has 0 fully saturated rings. The first-order valence-electron chi connectivity index (χ1n) is 13.1. The van der Waals surface area contributed by atoms with Crippen molar-refractivity contribution in [2.75, 3.05) is 17.4 Å². The smallest absolute Gasteiger partial charge is 0.271 e. The van der Waals surface area contributed by atoms with Crippen molar-refractivity contribution in [3.05, 3.63) is 99.6 Å². The van der Waals surface area contributed by atoms with E-state index in [4.69, 9.17) is 11.6 Å². The van der Waals surface area contributed by atoms with Crippen molar-refractivity contribution in [3.8, 4) is 0 Å². The lowest BCUT2D eigenvalue weighted by Gasteiger charge is -2.33. The highest BCUT2D eigenvalue weighted by Crippen LogP contribution is 2.28. The van der Waals surface area contributed by atoms with E-state index in [0.29, 0.717) is 17.1 Å². The molecule has 2 amide bonds. The number of nitro groups is 1. The molecule has 0 aromatic heterocycles. The van der Waals surface area contributed by atoms with Crippen molar-refractivity contribution >= 4 is 44.8 Å². The highest BCUT2D eigenvalue weighted by Gasteiger charge is 2.34. The number of hydrogen-bond donors (Lipinski definition) is 1. The third kappa shape index (κ3) is 8.05. The van der Waals surface area contributed by atoms with Crippen molar-refractivity contribution in [2.24, 2.45) is 5.92 Å². The van der Waals surface area contributed by atoms with Crippen LogP contribution in [-0.2, 0) is 26.2 Å². The van der Waals surface area contributed by atoms with E-state index in [1.54, 1.807) is 37.3 Å². The Balaban J connectivity index is 2.09. The number of nitrogens with zero attached hydrogens (tertiary/aromatic N) is 3. The van der Waals surface area contributed by atoms with E-state index in [-0.39, 0.29) is 41.1 Å². The second kappa shape index (κ2) is 14.1. The number of hydrogen-bond acceptors (Lipinski definition) is 6. The first-order chi connectivity index (χ1) is 19.4. The van der Waals surface area contributed by atoms with Crippen molar-refractivity contribution in [1.29, 1.82) is 0 Å². The summed E-state index contributed by atoms with van der Waals surface area (Å²) >= 11 is 6.40. The Morgan fingerprint density at radius 1 is 1.00 bits per heavy atom. The van der Waals surface area contributed by atoms with Crippen LogP contribution in [0.1, 0.15) is 32.8 Å². The molecule has 0 bridgehead atoms. The summed E-state index contributed by atoms with van der Waals surface area (Å²) in [6.07, 6.45) is 0.252. The van der Waals surface area contributed by atoms with Crippen LogP contribution >= 0.6 is 11.6 Å². The number of halogens is 1. The van der Waals surface area contributed by atoms with Gasteiger partial charge in [0.2, 0.25) is 11.8 Å². The van der Waals surface area contributed by atoms with Gasteiger partial charge in [0.15, 0.2) is 0 Å². The molecule has 0 saturated carbocycles. The van der Waals surface area contributed by atoms with Gasteiger partial charge in [0.25, 0.3) is 15.7 Å². The zero-order chi connectivity index (χ0) is 30.2. The number of nitro benzene ring substituents is 1. The molecule has 3 rings (SSSR count). The molecular formula is C29H33ClN4O6S. The van der Waals surface area contributed by atoms with Crippen LogP contribution in [0.25, 0.3) is 0 Å². The minimum atomic E-state index is -4.34. The second-order valence-corrected chi connectivity index (χ2v) is 12.0. The summed E-state index contributed by atoms with van der Waals surface area (Å²) in [5.41, 5.74) is 0.174. The number of benzene rings is 3. The molecule has 41 heavy (non-hydrogen) atoms. The third-order valence-corrected chi connectivity index (χ3v) is 8.46. The van der Waals surface area contributed by atoms with Crippen LogP contribution in [0.3, 0.4) is 0 Å². The maximum absolute atomic E-state index is 14.0. The van der Waals surface area contributed by atoms with E-state index in [1.165, 1.54) is 47.4 Å². The Morgan fingerprint density at radius 3 is 2.27 bits per heavy atom. The van der Waals surface area contributed by atoms with E-state index < -0.39 is 33.4 Å². The van der Waals surface area contributed by atoms with Gasteiger partial charge in [-0.05, 0) is 42.2 Å². The van der Waals surface area contributed by atoms with Crippen LogP contribution in [0, 0.1) is 16.0 Å². The molecule has 3 aromatic rings. The molecule has 1 N–H and O–H groups in total. The number of amides is 2. The lowest BCUT2D eigenvalue weighted by Crippen LogP contribution is -2.52. The standard InChI is InChI=1S/C29H33ClN4O6S/c1-4-27(29(36)31-18-21(2)3)32(19-22-11-8-9-16-26(22)30)28(35)20-33(23-12-10-13-24(17-23)34(37)38)41(39,40)25-14-6-5-7-15-25/h5-17,21,27H,4,18-20H2,1-3H3,(H,31,36)/t27-/m1/s1. The molecule has 0 aliphatic heterocycles. The SMILES string of the molecule is CC[C@H](C(=O)NCC(C)C)N(Cc1ccccc1Cl)C(=O)CN(c1cccc([N+](=O)[O-])c1)S(=O)(=O)c1ccccc1. The molecule has 0 aliphatic rings. The van der Waals surface area contributed by atoms with Gasteiger partial charge < -0.3 is 10.2 Å². The molecule has 3 aromatic carbocycles. The van der Waals surface area contributed by atoms with Gasteiger partial charge in [0.05, 0.1) is 15.5 Å². The van der Waals surface area contributed by atoms with Gasteiger partial charge in [-0.2, -0.15) is 0 Å². The molecule has 0 spiro atoms. The summed E-state index contributed by atoms with van der Waals surface area (Å²) in [5.74, 6) is -0.888. The number of carbonyl (C=O) groups is 2. The quantitative estimate of drug-likeness (QED) is 0.216. The highest BCUT2D eigenvalue weighted by atomic mass is 35.5. The van der Waals surface area contributed by atoms with Crippen LogP contribution in [0.4, 0.5) is 11.4 Å². The maximum Gasteiger partial charge on any atom is 0.271 e. The minimum absolute atomic E-state index is 0.0553. The summed E-state index contributed by atoms with van der Waals surface area (Å²) in [4.78, 5) is 39.3. The number of rotatable bonds is 13. The predicted molar refractivity (Wildman–Crippen MR) is 158 cm³/mol. The van der Waals surface area contributed by atoms with Gasteiger partial charge in [-0.15, -0.1) is 0 Å². The average molecular weight is 601 g/mol. The lowest BCUT2D eigenvalue weighted by molar-refractivity contribution is -0.384. The summed E-state index contributed by atoms with van der Waals surface area (Å²) in [6.45, 7) is 5.27. The largest absolute Gasteiger partial charge is 0.354 e. The first kappa shape index (κ1) is 31.6. The van der Waals surface area contributed by atoms with Crippen LogP contribution in [-0.4, -0.2) is 49.2 Å². The molecule has 0 aliphatic carbocycles. The zero-order valence-corrected chi connectivity index (χ0v) is 24.6. The second-order valence-electron chi connectivity index (χ2n) is 9.78. The van der Waals surface area contributed by atoms with Crippen LogP contribution in [0.5, 0.6) is 0 Å². The van der Waals surface area contributed by atoms with Gasteiger partial charge >= 0.3 is 0 Å². The number of anilines is 1. The van der Waals surface area contributed by atoms with E-state index in [9.17, 15) is 28.1 Å². The molecule has 1 atom stereocenters. The Kier molecular flexibility index (Phi) is 10.8. The van der Waals surface area contributed by atoms with E-state index in [0.717, 1.165) is 10.4 Å². The summed E-state index contributed by atoms with van der Waals surface area (Å²) in [5, 5.41) is 14.7. The fourth-order valence-corrected chi connectivity index (χ4v) is 5.78. The van der Waals surface area contributed by atoms with Crippen LogP contribution < -0.4 is 9.62 Å². The summed E-state index contributed by atoms with van der Waals surface area (Å²) < 4.78 is 28.5. The topological polar surface area (TPSA) is 130 Å². The molecule has 0 unspecified atom stereocenters. The minimum Gasteiger partial charge on any atom is -0.354 e. The highest BCUT2D eigenvalue weighted by molar-refractivity contribution is 7.92. The van der Waals surface area contributed by atoms with Crippen LogP contribution in [0.15, 0.2) is 83.8 Å². The molecule has 218 valence electrons. The molecule has 10 nitrogen and oxygen atoms in total. The Hall–Kier alpha value is -3.96. The Labute approximate surface area is 245 Å².